The summed E-state index contributed by atoms with van der Waals surface area (Å²) in [5.41, 5.74) is -0.605. The number of nitrogens with zero attached hydrogens (tertiary/aromatic N) is 2. The Kier molecular flexibility index (Phi) is 3.08. The van der Waals surface area contributed by atoms with E-state index in [0.717, 1.165) is 12.1 Å². The molecular formula is C10H8F2N4O. The number of hydrogen-bond acceptors (Lipinski definition) is 3. The number of aromatic nitrogens is 3. The van der Waals surface area contributed by atoms with Crippen LogP contribution in [0.1, 0.15) is 16.2 Å². The van der Waals surface area contributed by atoms with E-state index < -0.39 is 23.1 Å². The fourth-order valence-electron chi connectivity index (χ4n) is 1.28. The van der Waals surface area contributed by atoms with Crippen molar-refractivity contribution in [3.8, 4) is 0 Å². The number of aromatic amines is 1. The number of hydrogen-bond donors (Lipinski definition) is 2. The van der Waals surface area contributed by atoms with Gasteiger partial charge in [0.1, 0.15) is 29.3 Å². The Morgan fingerprint density at radius 2 is 2.06 bits per heavy atom. The third-order valence-corrected chi connectivity index (χ3v) is 2.07. The summed E-state index contributed by atoms with van der Waals surface area (Å²) in [5.74, 6) is -2.24. The molecule has 7 heteroatoms. The van der Waals surface area contributed by atoms with Crippen molar-refractivity contribution in [1.82, 2.24) is 20.5 Å². The highest BCUT2D eigenvalue weighted by molar-refractivity contribution is 5.94. The lowest BCUT2D eigenvalue weighted by Crippen LogP contribution is -2.25. The van der Waals surface area contributed by atoms with Crippen LogP contribution >= 0.6 is 0 Å². The van der Waals surface area contributed by atoms with Gasteiger partial charge >= 0.3 is 0 Å². The summed E-state index contributed by atoms with van der Waals surface area (Å²) in [6.07, 6.45) is 1.27. The monoisotopic (exact) mass is 238 g/mol. The third kappa shape index (κ3) is 2.44. The number of nitrogens with one attached hydrogen (secondary N) is 2. The Morgan fingerprint density at radius 1 is 1.35 bits per heavy atom. The normalized spacial score (nSPS) is 10.2. The lowest BCUT2D eigenvalue weighted by molar-refractivity contribution is 0.0941. The molecule has 0 aliphatic carbocycles. The van der Waals surface area contributed by atoms with E-state index in [9.17, 15) is 13.6 Å². The van der Waals surface area contributed by atoms with Crippen LogP contribution < -0.4 is 5.32 Å². The highest BCUT2D eigenvalue weighted by Crippen LogP contribution is 2.11. The summed E-state index contributed by atoms with van der Waals surface area (Å²) in [6.45, 7) is 0.0204. The summed E-state index contributed by atoms with van der Waals surface area (Å²) < 4.78 is 26.5. The fourth-order valence-corrected chi connectivity index (χ4v) is 1.28. The quantitative estimate of drug-likeness (QED) is 0.838. The van der Waals surface area contributed by atoms with Gasteiger partial charge in [0.15, 0.2) is 0 Å². The van der Waals surface area contributed by atoms with Crippen molar-refractivity contribution in [2.24, 2.45) is 0 Å². The number of rotatable bonds is 3. The summed E-state index contributed by atoms with van der Waals surface area (Å²) in [5, 5.41) is 8.41. The first-order chi connectivity index (χ1) is 8.18. The molecule has 1 heterocycles. The number of benzene rings is 1. The zero-order chi connectivity index (χ0) is 12.3. The molecule has 1 aromatic heterocycles. The van der Waals surface area contributed by atoms with Gasteiger partial charge in [0.05, 0.1) is 6.54 Å². The van der Waals surface area contributed by atoms with Gasteiger partial charge in [-0.3, -0.25) is 9.89 Å². The molecule has 0 radical (unpaired) electrons. The first kappa shape index (κ1) is 11.2. The van der Waals surface area contributed by atoms with Crippen molar-refractivity contribution in [1.29, 1.82) is 0 Å². The Hall–Kier alpha value is -2.31. The number of carbonyl (C=O) groups is 1. The van der Waals surface area contributed by atoms with E-state index in [1.54, 1.807) is 0 Å². The van der Waals surface area contributed by atoms with Gasteiger partial charge < -0.3 is 5.32 Å². The zero-order valence-electron chi connectivity index (χ0n) is 8.58. The van der Waals surface area contributed by atoms with Gasteiger partial charge in [-0.15, -0.1) is 0 Å². The van der Waals surface area contributed by atoms with Crippen LogP contribution in [-0.4, -0.2) is 21.1 Å². The van der Waals surface area contributed by atoms with Gasteiger partial charge in [0, 0.05) is 0 Å². The van der Waals surface area contributed by atoms with Crippen molar-refractivity contribution in [2.75, 3.05) is 0 Å². The average molecular weight is 238 g/mol. The molecule has 0 aliphatic heterocycles. The molecule has 88 valence electrons. The van der Waals surface area contributed by atoms with Crippen LogP contribution in [0, 0.1) is 11.6 Å². The molecule has 0 saturated carbocycles. The second-order valence-corrected chi connectivity index (χ2v) is 3.21. The van der Waals surface area contributed by atoms with E-state index in [4.69, 9.17) is 0 Å². The molecular weight excluding hydrogens is 230 g/mol. The summed E-state index contributed by atoms with van der Waals surface area (Å²) in [6, 6.07) is 3.23. The van der Waals surface area contributed by atoms with E-state index >= 15 is 0 Å². The lowest BCUT2D eigenvalue weighted by atomic mass is 10.2. The molecule has 0 aliphatic rings. The number of carbonyl (C=O) groups excluding carboxylic acids is 1. The van der Waals surface area contributed by atoms with Gasteiger partial charge in [-0.25, -0.2) is 13.8 Å². The van der Waals surface area contributed by atoms with Crippen molar-refractivity contribution in [2.45, 2.75) is 6.54 Å². The molecule has 0 bridgehead atoms. The zero-order valence-corrected chi connectivity index (χ0v) is 8.58. The van der Waals surface area contributed by atoms with Crippen LogP contribution in [0.15, 0.2) is 24.5 Å². The first-order valence-corrected chi connectivity index (χ1v) is 4.75. The summed E-state index contributed by atoms with van der Waals surface area (Å²) in [4.78, 5) is 15.3. The Bertz CT molecular complexity index is 507. The molecule has 0 atom stereocenters. The predicted octanol–water partition coefficient (Wildman–Crippen LogP) is 1.01. The third-order valence-electron chi connectivity index (χ3n) is 2.07. The minimum Gasteiger partial charge on any atom is -0.345 e. The van der Waals surface area contributed by atoms with Gasteiger partial charge in [-0.2, -0.15) is 5.10 Å². The largest absolute Gasteiger partial charge is 0.345 e. The van der Waals surface area contributed by atoms with Crippen LogP contribution in [0.5, 0.6) is 0 Å². The molecule has 2 rings (SSSR count). The minimum absolute atomic E-state index is 0.0204. The van der Waals surface area contributed by atoms with E-state index in [0.29, 0.717) is 5.82 Å². The van der Waals surface area contributed by atoms with Crippen molar-refractivity contribution in [3.63, 3.8) is 0 Å². The molecule has 1 aromatic carbocycles. The molecule has 0 fully saturated rings. The number of H-pyrrole nitrogens is 1. The predicted molar refractivity (Wildman–Crippen MR) is 53.9 cm³/mol. The van der Waals surface area contributed by atoms with E-state index in [1.807, 2.05) is 0 Å². The topological polar surface area (TPSA) is 70.7 Å². The summed E-state index contributed by atoms with van der Waals surface area (Å²) in [7, 11) is 0. The van der Waals surface area contributed by atoms with Crippen LogP contribution in [0.2, 0.25) is 0 Å². The van der Waals surface area contributed by atoms with Crippen LogP contribution in [0.4, 0.5) is 8.78 Å². The highest BCUT2D eigenvalue weighted by atomic mass is 19.1. The highest BCUT2D eigenvalue weighted by Gasteiger charge is 2.16. The molecule has 2 aromatic rings. The van der Waals surface area contributed by atoms with Crippen LogP contribution in [-0.2, 0) is 6.54 Å². The van der Waals surface area contributed by atoms with Gasteiger partial charge in [0.25, 0.3) is 5.91 Å². The van der Waals surface area contributed by atoms with Gasteiger partial charge in [-0.05, 0) is 12.1 Å². The Balaban J connectivity index is 2.10. The van der Waals surface area contributed by atoms with Crippen LogP contribution in [0.25, 0.3) is 0 Å². The van der Waals surface area contributed by atoms with Crippen molar-refractivity contribution < 1.29 is 13.6 Å². The molecule has 17 heavy (non-hydrogen) atoms. The molecule has 5 nitrogen and oxygen atoms in total. The van der Waals surface area contributed by atoms with Gasteiger partial charge in [0.2, 0.25) is 0 Å². The van der Waals surface area contributed by atoms with E-state index in [2.05, 4.69) is 20.5 Å². The maximum absolute atomic E-state index is 13.2. The smallest absolute Gasteiger partial charge is 0.257 e. The molecule has 1 amide bonds. The maximum Gasteiger partial charge on any atom is 0.257 e. The SMILES string of the molecule is O=C(NCc1ncn[nH]1)c1c(F)cccc1F. The Morgan fingerprint density at radius 3 is 2.65 bits per heavy atom. The first-order valence-electron chi connectivity index (χ1n) is 4.75. The number of amides is 1. The van der Waals surface area contributed by atoms with Gasteiger partial charge in [-0.1, -0.05) is 6.07 Å². The molecule has 0 spiro atoms. The number of halogens is 2. The minimum atomic E-state index is -0.903. The maximum atomic E-state index is 13.2. The Labute approximate surface area is 94.9 Å². The van der Waals surface area contributed by atoms with E-state index in [-0.39, 0.29) is 6.54 Å². The average Bonchev–Trinajstić information content (AvgIpc) is 2.79. The summed E-state index contributed by atoms with van der Waals surface area (Å²) >= 11 is 0. The van der Waals surface area contributed by atoms with E-state index in [1.165, 1.54) is 12.4 Å². The van der Waals surface area contributed by atoms with Crippen molar-refractivity contribution in [3.05, 3.63) is 47.5 Å². The second kappa shape index (κ2) is 4.69. The second-order valence-electron chi connectivity index (χ2n) is 3.21. The molecule has 0 unspecified atom stereocenters. The van der Waals surface area contributed by atoms with Crippen LogP contribution in [0.3, 0.4) is 0 Å². The molecule has 0 saturated heterocycles. The lowest BCUT2D eigenvalue weighted by Gasteiger charge is -2.05. The van der Waals surface area contributed by atoms with Crippen molar-refractivity contribution >= 4 is 5.91 Å². The fraction of sp³-hybridized carbons (Fsp3) is 0.100. The molecule has 2 N–H and O–H groups in total. The standard InChI is InChI=1S/C10H8F2N4O/c11-6-2-1-3-7(12)9(6)10(17)13-4-8-14-5-15-16-8/h1-3,5H,4H2,(H,13,17)(H,14,15,16).